The fourth-order valence-electron chi connectivity index (χ4n) is 3.12. The summed E-state index contributed by atoms with van der Waals surface area (Å²) < 4.78 is 12.3. The van der Waals surface area contributed by atoms with Crippen LogP contribution in [0, 0.1) is 4.77 Å². The van der Waals surface area contributed by atoms with Crippen LogP contribution in [0.25, 0.3) is 17.1 Å². The zero-order valence-electron chi connectivity index (χ0n) is 18.5. The van der Waals surface area contributed by atoms with E-state index >= 15 is 0 Å². The summed E-state index contributed by atoms with van der Waals surface area (Å²) in [5.74, 6) is 2.10. The number of rotatable bonds is 7. The van der Waals surface area contributed by atoms with Crippen LogP contribution in [0.2, 0.25) is 0 Å². The maximum atomic E-state index is 12.5. The first-order chi connectivity index (χ1) is 16.6. The lowest BCUT2D eigenvalue weighted by Crippen LogP contribution is -2.35. The van der Waals surface area contributed by atoms with Crippen LogP contribution in [0.15, 0.2) is 78.9 Å². The first-order valence-corrected chi connectivity index (χ1v) is 10.7. The number of ether oxygens (including phenoxy) is 2. The molecule has 0 aliphatic carbocycles. The molecule has 1 heterocycles. The molecule has 9 nitrogen and oxygen atoms in total. The second kappa shape index (κ2) is 10.5. The van der Waals surface area contributed by atoms with Gasteiger partial charge in [-0.2, -0.15) is 9.97 Å². The largest absolute Gasteiger partial charge is 0.497 e. The second-order valence-corrected chi connectivity index (χ2v) is 7.35. The normalized spacial score (nSPS) is 10.3. The van der Waals surface area contributed by atoms with E-state index in [0.717, 1.165) is 5.56 Å². The minimum atomic E-state index is -0.489. The third kappa shape index (κ3) is 5.30. The van der Waals surface area contributed by atoms with Crippen LogP contribution >= 0.6 is 12.2 Å². The molecular formula is C24H22N6O3S. The number of benzene rings is 3. The molecule has 0 atom stereocenters. The van der Waals surface area contributed by atoms with Gasteiger partial charge in [0.2, 0.25) is 10.7 Å². The van der Waals surface area contributed by atoms with Gasteiger partial charge in [0.05, 0.1) is 19.9 Å². The van der Waals surface area contributed by atoms with Crippen LogP contribution in [0.4, 0.5) is 16.4 Å². The summed E-state index contributed by atoms with van der Waals surface area (Å²) >= 11 is 5.58. The van der Waals surface area contributed by atoms with Crippen LogP contribution in [0.1, 0.15) is 0 Å². The van der Waals surface area contributed by atoms with Crippen LogP contribution in [-0.4, -0.2) is 34.8 Å². The second-order valence-electron chi connectivity index (χ2n) is 6.99. The number of nitrogens with one attached hydrogen (secondary N) is 3. The van der Waals surface area contributed by atoms with Gasteiger partial charge in [0.15, 0.2) is 5.82 Å². The molecule has 0 spiro atoms. The molecule has 0 unspecified atom stereocenters. The van der Waals surface area contributed by atoms with E-state index in [1.165, 1.54) is 0 Å². The van der Waals surface area contributed by atoms with Gasteiger partial charge in [-0.3, -0.25) is 9.99 Å². The van der Waals surface area contributed by atoms with Gasteiger partial charge in [-0.15, -0.1) is 0 Å². The van der Waals surface area contributed by atoms with Gasteiger partial charge < -0.3 is 14.8 Å². The number of hydrogen-bond acceptors (Lipinski definition) is 7. The van der Waals surface area contributed by atoms with Crippen molar-refractivity contribution in [1.29, 1.82) is 0 Å². The molecule has 4 aromatic rings. The Morgan fingerprint density at radius 2 is 1.47 bits per heavy atom. The average Bonchev–Trinajstić information content (AvgIpc) is 2.88. The highest BCUT2D eigenvalue weighted by molar-refractivity contribution is 7.71. The number of amides is 2. The monoisotopic (exact) mass is 474 g/mol. The van der Waals surface area contributed by atoms with Gasteiger partial charge in [0.1, 0.15) is 11.5 Å². The Morgan fingerprint density at radius 1 is 0.853 bits per heavy atom. The summed E-state index contributed by atoms with van der Waals surface area (Å²) in [6, 6.07) is 23.2. The highest BCUT2D eigenvalue weighted by Crippen LogP contribution is 2.22. The van der Waals surface area contributed by atoms with E-state index in [0.29, 0.717) is 28.7 Å². The Balaban J connectivity index is 1.62. The summed E-state index contributed by atoms with van der Waals surface area (Å²) in [5, 5.41) is 2.74. The van der Waals surface area contributed by atoms with Gasteiger partial charge in [0, 0.05) is 11.3 Å². The number of carbonyl (C=O) groups excluding carboxylic acids is 1. The molecule has 0 saturated carbocycles. The zero-order chi connectivity index (χ0) is 23.9. The lowest BCUT2D eigenvalue weighted by atomic mass is 10.2. The zero-order valence-corrected chi connectivity index (χ0v) is 19.3. The first kappa shape index (κ1) is 22.7. The topological polar surface area (TPSA) is 102 Å². The van der Waals surface area contributed by atoms with E-state index < -0.39 is 6.03 Å². The fraction of sp³-hybridized carbons (Fsp3) is 0.0833. The van der Waals surface area contributed by atoms with E-state index in [2.05, 4.69) is 26.1 Å². The maximum absolute atomic E-state index is 12.5. The molecular weight excluding hydrogens is 452 g/mol. The van der Waals surface area contributed by atoms with E-state index in [-0.39, 0.29) is 10.7 Å². The van der Waals surface area contributed by atoms with Crippen molar-refractivity contribution in [3.05, 3.63) is 83.6 Å². The molecule has 2 amide bonds. The number of aromatic nitrogens is 3. The quantitative estimate of drug-likeness (QED) is 0.260. The number of carbonyl (C=O) groups is 1. The van der Waals surface area contributed by atoms with Crippen LogP contribution < -0.4 is 25.6 Å². The molecule has 3 aromatic carbocycles. The Hall–Kier alpha value is -4.44. The summed E-state index contributed by atoms with van der Waals surface area (Å²) in [5.41, 5.74) is 7.55. The van der Waals surface area contributed by atoms with Crippen molar-refractivity contribution in [1.82, 2.24) is 20.0 Å². The molecule has 34 heavy (non-hydrogen) atoms. The number of hydrazine groups is 1. The molecule has 4 rings (SSSR count). The van der Waals surface area contributed by atoms with Gasteiger partial charge in [-0.05, 0) is 60.7 Å². The van der Waals surface area contributed by atoms with E-state index in [4.69, 9.17) is 21.7 Å². The average molecular weight is 475 g/mol. The molecule has 172 valence electrons. The maximum Gasteiger partial charge on any atom is 0.337 e. The highest BCUT2D eigenvalue weighted by atomic mass is 32.1. The van der Waals surface area contributed by atoms with Crippen molar-refractivity contribution in [2.24, 2.45) is 0 Å². The number of anilines is 2. The molecule has 0 aliphatic heterocycles. The number of hydrogen-bond donors (Lipinski definition) is 3. The molecule has 0 aliphatic rings. The lowest BCUT2D eigenvalue weighted by Gasteiger charge is -2.16. The molecule has 0 radical (unpaired) electrons. The lowest BCUT2D eigenvalue weighted by molar-refractivity contribution is 0.253. The molecule has 0 saturated heterocycles. The van der Waals surface area contributed by atoms with Crippen LogP contribution in [0.5, 0.6) is 11.5 Å². The summed E-state index contributed by atoms with van der Waals surface area (Å²) in [6.45, 7) is 0. The summed E-state index contributed by atoms with van der Waals surface area (Å²) in [7, 11) is 3.17. The summed E-state index contributed by atoms with van der Waals surface area (Å²) in [4.78, 5) is 21.6. The predicted molar refractivity (Wildman–Crippen MR) is 133 cm³/mol. The molecule has 10 heteroatoms. The Bertz CT molecular complexity index is 1330. The molecule has 1 aromatic heterocycles. The Kier molecular flexibility index (Phi) is 6.99. The Labute approximate surface area is 201 Å². The third-order valence-electron chi connectivity index (χ3n) is 4.81. The van der Waals surface area contributed by atoms with Gasteiger partial charge >= 0.3 is 6.03 Å². The van der Waals surface area contributed by atoms with Gasteiger partial charge in [-0.25, -0.2) is 10.2 Å². The van der Waals surface area contributed by atoms with Crippen LogP contribution in [-0.2, 0) is 0 Å². The van der Waals surface area contributed by atoms with Gasteiger partial charge in [-0.1, -0.05) is 30.3 Å². The van der Waals surface area contributed by atoms with Crippen molar-refractivity contribution in [3.63, 3.8) is 0 Å². The first-order valence-electron chi connectivity index (χ1n) is 10.3. The minimum Gasteiger partial charge on any atom is -0.497 e. The van der Waals surface area contributed by atoms with Gasteiger partial charge in [0.25, 0.3) is 0 Å². The Morgan fingerprint density at radius 3 is 2.09 bits per heavy atom. The minimum absolute atomic E-state index is 0.263. The number of methoxy groups -OCH3 is 2. The molecule has 0 bridgehead atoms. The van der Waals surface area contributed by atoms with E-state index in [9.17, 15) is 4.79 Å². The SMILES string of the molecule is COc1ccc(NC(=O)NNc2nc(-c3ccccc3)nc(=S)n2-c2ccc(OC)cc2)cc1. The third-order valence-corrected chi connectivity index (χ3v) is 5.09. The van der Waals surface area contributed by atoms with Crippen LogP contribution in [0.3, 0.4) is 0 Å². The number of nitrogens with zero attached hydrogens (tertiary/aromatic N) is 3. The predicted octanol–water partition coefficient (Wildman–Crippen LogP) is 4.83. The molecule has 3 N–H and O–H groups in total. The number of urea groups is 1. The van der Waals surface area contributed by atoms with E-state index in [1.807, 2.05) is 42.5 Å². The standard InChI is InChI=1S/C24H22N6O3S/c1-32-19-12-8-17(9-13-19)25-23(31)29-28-22-26-21(16-6-4-3-5-7-16)27-24(34)30(22)18-10-14-20(33-2)15-11-18/h3-15H,1-2H3,(H2,25,29,31)(H,26,27,28,34). The smallest absolute Gasteiger partial charge is 0.337 e. The van der Waals surface area contributed by atoms with Crippen molar-refractivity contribution in [2.45, 2.75) is 0 Å². The summed E-state index contributed by atoms with van der Waals surface area (Å²) in [6.07, 6.45) is 0. The fourth-order valence-corrected chi connectivity index (χ4v) is 3.40. The van der Waals surface area contributed by atoms with Crippen molar-refractivity contribution in [2.75, 3.05) is 25.0 Å². The molecule has 0 fully saturated rings. The van der Waals surface area contributed by atoms with Crippen molar-refractivity contribution in [3.8, 4) is 28.6 Å². The highest BCUT2D eigenvalue weighted by Gasteiger charge is 2.13. The van der Waals surface area contributed by atoms with E-state index in [1.54, 1.807) is 55.2 Å². The van der Waals surface area contributed by atoms with Crippen molar-refractivity contribution < 1.29 is 14.3 Å². The van der Waals surface area contributed by atoms with Crippen molar-refractivity contribution >= 4 is 29.9 Å².